The molecule has 0 radical (unpaired) electrons. The molecule has 1 saturated carbocycles. The van der Waals surface area contributed by atoms with Crippen molar-refractivity contribution in [3.63, 3.8) is 0 Å². The van der Waals surface area contributed by atoms with E-state index in [4.69, 9.17) is 4.74 Å². The summed E-state index contributed by atoms with van der Waals surface area (Å²) in [5, 5.41) is 0. The predicted octanol–water partition coefficient (Wildman–Crippen LogP) is 4.04. The molecule has 1 aliphatic rings. The van der Waals surface area contributed by atoms with Crippen LogP contribution in [0.15, 0.2) is 0 Å². The van der Waals surface area contributed by atoms with Crippen LogP contribution in [0.1, 0.15) is 60.3 Å². The molecule has 0 aromatic carbocycles. The SMILES string of the molecule is CCCC(=O)OC1CC(C)CC(C)C1C(C)C. The first kappa shape index (κ1) is 14.5. The van der Waals surface area contributed by atoms with Gasteiger partial charge in [-0.1, -0.05) is 34.6 Å². The molecule has 1 aliphatic carbocycles. The van der Waals surface area contributed by atoms with E-state index in [1.807, 2.05) is 6.92 Å². The summed E-state index contributed by atoms with van der Waals surface area (Å²) in [5.74, 6) is 2.46. The van der Waals surface area contributed by atoms with Crippen LogP contribution in [0.25, 0.3) is 0 Å². The Morgan fingerprint density at radius 2 is 1.94 bits per heavy atom. The second-order valence-electron chi connectivity index (χ2n) is 6.15. The Labute approximate surface area is 106 Å². The van der Waals surface area contributed by atoms with E-state index in [1.165, 1.54) is 6.42 Å². The third-order valence-electron chi connectivity index (χ3n) is 4.00. The van der Waals surface area contributed by atoms with Crippen LogP contribution in [-0.4, -0.2) is 12.1 Å². The van der Waals surface area contributed by atoms with Crippen molar-refractivity contribution in [3.8, 4) is 0 Å². The van der Waals surface area contributed by atoms with Crippen LogP contribution in [0.2, 0.25) is 0 Å². The maximum absolute atomic E-state index is 11.7. The van der Waals surface area contributed by atoms with E-state index in [2.05, 4.69) is 27.7 Å². The average molecular weight is 240 g/mol. The second-order valence-corrected chi connectivity index (χ2v) is 6.15. The zero-order chi connectivity index (χ0) is 13.0. The lowest BCUT2D eigenvalue weighted by molar-refractivity contribution is -0.158. The molecule has 0 amide bonds. The standard InChI is InChI=1S/C15H28O2/c1-6-7-14(16)17-13-9-11(4)8-12(5)15(13)10(2)3/h10-13,15H,6-9H2,1-5H3. The summed E-state index contributed by atoms with van der Waals surface area (Å²) >= 11 is 0. The van der Waals surface area contributed by atoms with E-state index >= 15 is 0 Å². The highest BCUT2D eigenvalue weighted by Crippen LogP contribution is 2.39. The van der Waals surface area contributed by atoms with Gasteiger partial charge in [-0.2, -0.15) is 0 Å². The van der Waals surface area contributed by atoms with Gasteiger partial charge in [-0.3, -0.25) is 4.79 Å². The summed E-state index contributed by atoms with van der Waals surface area (Å²) in [6.45, 7) is 11.1. The minimum atomic E-state index is -0.00977. The lowest BCUT2D eigenvalue weighted by atomic mass is 9.69. The fraction of sp³-hybridized carbons (Fsp3) is 0.933. The topological polar surface area (TPSA) is 26.3 Å². The van der Waals surface area contributed by atoms with Gasteiger partial charge in [0, 0.05) is 12.3 Å². The van der Waals surface area contributed by atoms with Gasteiger partial charge in [0.15, 0.2) is 0 Å². The van der Waals surface area contributed by atoms with E-state index < -0.39 is 0 Å². The van der Waals surface area contributed by atoms with Crippen molar-refractivity contribution < 1.29 is 9.53 Å². The fourth-order valence-corrected chi connectivity index (χ4v) is 3.45. The Morgan fingerprint density at radius 3 is 2.47 bits per heavy atom. The van der Waals surface area contributed by atoms with Crippen molar-refractivity contribution in [1.82, 2.24) is 0 Å². The molecule has 4 unspecified atom stereocenters. The Kier molecular flexibility index (Phi) is 5.48. The van der Waals surface area contributed by atoms with Crippen molar-refractivity contribution in [1.29, 1.82) is 0 Å². The normalized spacial score (nSPS) is 33.8. The lowest BCUT2D eigenvalue weighted by Crippen LogP contribution is -2.40. The molecule has 100 valence electrons. The molecular weight excluding hydrogens is 212 g/mol. The van der Waals surface area contributed by atoms with Crippen LogP contribution < -0.4 is 0 Å². The molecule has 0 aliphatic heterocycles. The van der Waals surface area contributed by atoms with Gasteiger partial charge in [-0.15, -0.1) is 0 Å². The molecule has 0 aromatic rings. The Balaban J connectivity index is 2.66. The molecule has 0 aromatic heterocycles. The van der Waals surface area contributed by atoms with E-state index in [-0.39, 0.29) is 12.1 Å². The minimum absolute atomic E-state index is 0.00977. The molecular formula is C15H28O2. The summed E-state index contributed by atoms with van der Waals surface area (Å²) in [4.78, 5) is 11.7. The molecule has 0 spiro atoms. The first-order chi connectivity index (χ1) is 7.95. The Hall–Kier alpha value is -0.530. The van der Waals surface area contributed by atoms with Gasteiger partial charge >= 0.3 is 5.97 Å². The number of hydrogen-bond acceptors (Lipinski definition) is 2. The van der Waals surface area contributed by atoms with Crippen LogP contribution >= 0.6 is 0 Å². The summed E-state index contributed by atoms with van der Waals surface area (Å²) < 4.78 is 5.71. The number of hydrogen-bond donors (Lipinski definition) is 0. The van der Waals surface area contributed by atoms with Crippen LogP contribution in [0.3, 0.4) is 0 Å². The maximum atomic E-state index is 11.7. The van der Waals surface area contributed by atoms with Crippen LogP contribution in [0.4, 0.5) is 0 Å². The van der Waals surface area contributed by atoms with Gasteiger partial charge in [-0.05, 0) is 37.0 Å². The van der Waals surface area contributed by atoms with E-state index in [0.29, 0.717) is 30.1 Å². The van der Waals surface area contributed by atoms with E-state index in [9.17, 15) is 4.79 Å². The highest BCUT2D eigenvalue weighted by Gasteiger charge is 2.37. The lowest BCUT2D eigenvalue weighted by Gasteiger charge is -2.41. The highest BCUT2D eigenvalue weighted by atomic mass is 16.5. The summed E-state index contributed by atoms with van der Waals surface area (Å²) in [6, 6.07) is 0. The molecule has 0 N–H and O–H groups in total. The molecule has 0 heterocycles. The Morgan fingerprint density at radius 1 is 1.29 bits per heavy atom. The van der Waals surface area contributed by atoms with Gasteiger partial charge in [0.1, 0.15) is 6.10 Å². The molecule has 2 nitrogen and oxygen atoms in total. The molecule has 0 bridgehead atoms. The van der Waals surface area contributed by atoms with Crippen molar-refractivity contribution in [2.24, 2.45) is 23.7 Å². The summed E-state index contributed by atoms with van der Waals surface area (Å²) in [6.07, 6.45) is 3.90. The largest absolute Gasteiger partial charge is 0.462 e. The van der Waals surface area contributed by atoms with Crippen molar-refractivity contribution >= 4 is 5.97 Å². The van der Waals surface area contributed by atoms with Crippen LogP contribution in [0.5, 0.6) is 0 Å². The van der Waals surface area contributed by atoms with Crippen molar-refractivity contribution in [3.05, 3.63) is 0 Å². The summed E-state index contributed by atoms with van der Waals surface area (Å²) in [7, 11) is 0. The van der Waals surface area contributed by atoms with Gasteiger partial charge in [-0.25, -0.2) is 0 Å². The maximum Gasteiger partial charge on any atom is 0.306 e. The number of ether oxygens (including phenoxy) is 1. The fourth-order valence-electron chi connectivity index (χ4n) is 3.45. The van der Waals surface area contributed by atoms with Gasteiger partial charge in [0.25, 0.3) is 0 Å². The molecule has 0 saturated heterocycles. The molecule has 1 rings (SSSR count). The number of carbonyl (C=O) groups excluding carboxylic acids is 1. The van der Waals surface area contributed by atoms with Gasteiger partial charge < -0.3 is 4.74 Å². The zero-order valence-corrected chi connectivity index (χ0v) is 12.0. The predicted molar refractivity (Wildman–Crippen MR) is 70.7 cm³/mol. The average Bonchev–Trinajstić information content (AvgIpc) is 2.15. The van der Waals surface area contributed by atoms with Crippen molar-refractivity contribution in [2.45, 2.75) is 66.4 Å². The Bertz CT molecular complexity index is 247. The minimum Gasteiger partial charge on any atom is -0.462 e. The molecule has 17 heavy (non-hydrogen) atoms. The first-order valence-electron chi connectivity index (χ1n) is 7.15. The monoisotopic (exact) mass is 240 g/mol. The smallest absolute Gasteiger partial charge is 0.306 e. The van der Waals surface area contributed by atoms with Crippen LogP contribution in [0, 0.1) is 23.7 Å². The summed E-state index contributed by atoms with van der Waals surface area (Å²) in [5.41, 5.74) is 0. The molecule has 2 heteroatoms. The molecule has 1 fully saturated rings. The quantitative estimate of drug-likeness (QED) is 0.693. The van der Waals surface area contributed by atoms with E-state index in [1.54, 1.807) is 0 Å². The third-order valence-corrected chi connectivity index (χ3v) is 4.00. The highest BCUT2D eigenvalue weighted by molar-refractivity contribution is 5.69. The third kappa shape index (κ3) is 4.01. The van der Waals surface area contributed by atoms with Gasteiger partial charge in [0.05, 0.1) is 0 Å². The number of rotatable bonds is 4. The van der Waals surface area contributed by atoms with Gasteiger partial charge in [0.2, 0.25) is 0 Å². The van der Waals surface area contributed by atoms with E-state index in [0.717, 1.165) is 12.8 Å². The van der Waals surface area contributed by atoms with Crippen LogP contribution in [-0.2, 0) is 9.53 Å². The second kappa shape index (κ2) is 6.42. The first-order valence-corrected chi connectivity index (χ1v) is 7.15. The molecule has 4 atom stereocenters. The number of esters is 1. The van der Waals surface area contributed by atoms with Crippen molar-refractivity contribution in [2.75, 3.05) is 0 Å². The number of carbonyl (C=O) groups is 1. The zero-order valence-electron chi connectivity index (χ0n) is 12.0.